The minimum Gasteiger partial charge on any atom is -0.434 e. The Morgan fingerprint density at radius 2 is 1.93 bits per heavy atom. The molecule has 1 atom stereocenters. The number of anilines is 1. The first kappa shape index (κ1) is 21.3. The van der Waals surface area contributed by atoms with Crippen LogP contribution in [0.15, 0.2) is 30.6 Å². The summed E-state index contributed by atoms with van der Waals surface area (Å²) in [5.41, 5.74) is -3.10. The second-order valence-electron chi connectivity index (χ2n) is 5.97. The molecule has 0 aliphatic rings. The van der Waals surface area contributed by atoms with Crippen LogP contribution in [0.4, 0.5) is 32.6 Å². The molecule has 152 valence electrons. The van der Waals surface area contributed by atoms with Crippen LogP contribution in [0, 0.1) is 11.6 Å². The van der Waals surface area contributed by atoms with E-state index in [1.165, 1.54) is 0 Å². The van der Waals surface area contributed by atoms with E-state index in [1.54, 1.807) is 0 Å². The molecule has 1 heterocycles. The predicted octanol–water partition coefficient (Wildman–Crippen LogP) is 3.32. The fourth-order valence-corrected chi connectivity index (χ4v) is 1.93. The monoisotopic (exact) mass is 406 g/mol. The van der Waals surface area contributed by atoms with Crippen LogP contribution in [0.3, 0.4) is 0 Å². The Morgan fingerprint density at radius 3 is 2.46 bits per heavy atom. The lowest BCUT2D eigenvalue weighted by Crippen LogP contribution is -2.52. The number of amides is 2. The summed E-state index contributed by atoms with van der Waals surface area (Å²) in [5, 5.41) is 11.6. The molecule has 7 nitrogen and oxygen atoms in total. The zero-order valence-corrected chi connectivity index (χ0v) is 14.6. The van der Waals surface area contributed by atoms with Crippen molar-refractivity contribution in [1.29, 1.82) is 0 Å². The summed E-state index contributed by atoms with van der Waals surface area (Å²) in [6.07, 6.45) is -2.88. The molecule has 0 fully saturated rings. The quantitative estimate of drug-likeness (QED) is 0.744. The number of nitrogens with one attached hydrogen (secondary N) is 1. The third-order valence-corrected chi connectivity index (χ3v) is 3.47. The zero-order chi connectivity index (χ0) is 21.1. The van der Waals surface area contributed by atoms with E-state index in [4.69, 9.17) is 4.74 Å². The van der Waals surface area contributed by atoms with Gasteiger partial charge in [-0.15, -0.1) is 0 Å². The van der Waals surface area contributed by atoms with E-state index < -0.39 is 36.0 Å². The third-order valence-electron chi connectivity index (χ3n) is 3.47. The van der Waals surface area contributed by atoms with E-state index in [0.717, 1.165) is 31.6 Å². The first-order chi connectivity index (χ1) is 12.9. The number of rotatable bonds is 5. The van der Waals surface area contributed by atoms with Crippen molar-refractivity contribution in [2.24, 2.45) is 0 Å². The number of benzene rings is 1. The molecule has 0 bridgehead atoms. The molecule has 0 aliphatic carbocycles. The van der Waals surface area contributed by atoms with Crippen LogP contribution in [0.1, 0.15) is 6.92 Å². The highest BCUT2D eigenvalue weighted by Crippen LogP contribution is 2.30. The Kier molecular flexibility index (Phi) is 6.02. The number of carbonyl (C=O) groups is 1. The lowest BCUT2D eigenvalue weighted by atomic mass is 10.1. The molecule has 0 radical (unpaired) electrons. The number of aromatic nitrogens is 2. The molecule has 2 rings (SSSR count). The molecule has 1 unspecified atom stereocenters. The summed E-state index contributed by atoms with van der Waals surface area (Å²) in [7, 11) is 1.05. The van der Waals surface area contributed by atoms with Gasteiger partial charge in [0, 0.05) is 13.1 Å². The van der Waals surface area contributed by atoms with Gasteiger partial charge in [0.2, 0.25) is 5.88 Å². The number of nitrogens with zero attached hydrogens (tertiary/aromatic N) is 3. The number of hydrogen-bond donors (Lipinski definition) is 2. The summed E-state index contributed by atoms with van der Waals surface area (Å²) in [6.45, 7) is -0.474. The van der Waals surface area contributed by atoms with Crippen molar-refractivity contribution in [3.8, 4) is 11.6 Å². The van der Waals surface area contributed by atoms with Gasteiger partial charge in [0.15, 0.2) is 23.0 Å². The second kappa shape index (κ2) is 7.92. The SMILES string of the molecule is CN(CC(C)(O)C(F)(F)F)C(=O)Nc1cnc(Oc2ccc(F)cc2F)cn1. The predicted molar refractivity (Wildman–Crippen MR) is 86.8 cm³/mol. The average molecular weight is 406 g/mol. The van der Waals surface area contributed by atoms with Crippen molar-refractivity contribution >= 4 is 11.8 Å². The lowest BCUT2D eigenvalue weighted by molar-refractivity contribution is -0.254. The van der Waals surface area contributed by atoms with Crippen LogP contribution in [-0.4, -0.2) is 51.4 Å². The number of hydrogen-bond acceptors (Lipinski definition) is 5. The Balaban J connectivity index is 1.99. The van der Waals surface area contributed by atoms with E-state index >= 15 is 0 Å². The summed E-state index contributed by atoms with van der Waals surface area (Å²) < 4.78 is 69.4. The molecule has 0 saturated carbocycles. The number of likely N-dealkylation sites (N-methyl/N-ethyl adjacent to an activating group) is 1. The highest BCUT2D eigenvalue weighted by Gasteiger charge is 2.50. The van der Waals surface area contributed by atoms with Crippen LogP contribution >= 0.6 is 0 Å². The minimum atomic E-state index is -4.92. The average Bonchev–Trinajstić information content (AvgIpc) is 2.57. The molecule has 12 heteroatoms. The summed E-state index contributed by atoms with van der Waals surface area (Å²) in [5.74, 6) is -2.35. The molecular weight excluding hydrogens is 391 g/mol. The van der Waals surface area contributed by atoms with E-state index in [9.17, 15) is 31.9 Å². The van der Waals surface area contributed by atoms with Gasteiger partial charge in [-0.05, 0) is 19.1 Å². The first-order valence-corrected chi connectivity index (χ1v) is 7.65. The standard InChI is InChI=1S/C16H15F5N4O3/c1-15(27,16(19,20)21)8-25(2)14(26)24-12-6-23-13(7-22-12)28-11-4-3-9(17)5-10(11)18/h3-7,27H,8H2,1-2H3,(H,22,24,26). The van der Waals surface area contributed by atoms with Crippen LogP contribution in [0.2, 0.25) is 0 Å². The maximum atomic E-state index is 13.5. The van der Waals surface area contributed by atoms with Crippen LogP contribution < -0.4 is 10.1 Å². The topological polar surface area (TPSA) is 87.6 Å². The molecule has 2 N–H and O–H groups in total. The number of urea groups is 1. The highest BCUT2D eigenvalue weighted by atomic mass is 19.4. The van der Waals surface area contributed by atoms with E-state index in [-0.39, 0.29) is 17.4 Å². The van der Waals surface area contributed by atoms with Crippen molar-refractivity contribution in [3.63, 3.8) is 0 Å². The number of ether oxygens (including phenoxy) is 1. The Hall–Kier alpha value is -3.02. The second-order valence-corrected chi connectivity index (χ2v) is 5.97. The Bertz CT molecular complexity index is 843. The number of halogens is 5. The molecule has 1 aromatic carbocycles. The van der Waals surface area contributed by atoms with Crippen molar-refractivity contribution in [2.75, 3.05) is 18.9 Å². The third kappa shape index (κ3) is 5.25. The van der Waals surface area contributed by atoms with Crippen LogP contribution in [-0.2, 0) is 0 Å². The van der Waals surface area contributed by atoms with Crippen molar-refractivity contribution in [1.82, 2.24) is 14.9 Å². The van der Waals surface area contributed by atoms with Crippen molar-refractivity contribution < 1.29 is 36.6 Å². The van der Waals surface area contributed by atoms with Gasteiger partial charge in [-0.2, -0.15) is 13.2 Å². The van der Waals surface area contributed by atoms with Gasteiger partial charge >= 0.3 is 12.2 Å². The molecular formula is C16H15F5N4O3. The molecule has 0 saturated heterocycles. The van der Waals surface area contributed by atoms with Crippen LogP contribution in [0.25, 0.3) is 0 Å². The number of alkyl halides is 3. The van der Waals surface area contributed by atoms with Crippen LogP contribution in [0.5, 0.6) is 11.6 Å². The number of aliphatic hydroxyl groups is 1. The molecule has 0 aliphatic heterocycles. The Morgan fingerprint density at radius 1 is 1.25 bits per heavy atom. The summed E-state index contributed by atoms with van der Waals surface area (Å²) >= 11 is 0. The summed E-state index contributed by atoms with van der Waals surface area (Å²) in [6, 6.07) is 1.66. The van der Waals surface area contributed by atoms with Gasteiger partial charge in [-0.1, -0.05) is 0 Å². The van der Waals surface area contributed by atoms with Crippen molar-refractivity contribution in [3.05, 3.63) is 42.2 Å². The van der Waals surface area contributed by atoms with E-state index in [1.807, 2.05) is 0 Å². The van der Waals surface area contributed by atoms with Crippen molar-refractivity contribution in [2.45, 2.75) is 18.7 Å². The normalized spacial score (nSPS) is 13.6. The van der Waals surface area contributed by atoms with Gasteiger partial charge in [0.05, 0.1) is 18.9 Å². The Labute approximate surface area is 155 Å². The summed E-state index contributed by atoms with van der Waals surface area (Å²) in [4.78, 5) is 20.1. The van der Waals surface area contributed by atoms with E-state index in [0.29, 0.717) is 17.9 Å². The molecule has 1 aromatic heterocycles. The lowest BCUT2D eigenvalue weighted by Gasteiger charge is -2.30. The van der Waals surface area contributed by atoms with Gasteiger partial charge < -0.3 is 14.7 Å². The fraction of sp³-hybridized carbons (Fsp3) is 0.312. The fourth-order valence-electron chi connectivity index (χ4n) is 1.93. The first-order valence-electron chi connectivity index (χ1n) is 7.65. The number of carbonyl (C=O) groups excluding carboxylic acids is 1. The van der Waals surface area contributed by atoms with Gasteiger partial charge in [-0.3, -0.25) is 5.32 Å². The maximum absolute atomic E-state index is 13.5. The van der Waals surface area contributed by atoms with Gasteiger partial charge in [0.25, 0.3) is 0 Å². The van der Waals surface area contributed by atoms with Gasteiger partial charge in [0.1, 0.15) is 5.82 Å². The molecule has 2 aromatic rings. The smallest absolute Gasteiger partial charge is 0.418 e. The largest absolute Gasteiger partial charge is 0.434 e. The zero-order valence-electron chi connectivity index (χ0n) is 14.6. The molecule has 28 heavy (non-hydrogen) atoms. The molecule has 0 spiro atoms. The van der Waals surface area contributed by atoms with E-state index in [2.05, 4.69) is 15.3 Å². The maximum Gasteiger partial charge on any atom is 0.418 e. The minimum absolute atomic E-state index is 0.129. The van der Waals surface area contributed by atoms with Gasteiger partial charge in [-0.25, -0.2) is 23.5 Å². The molecule has 2 amide bonds. The highest BCUT2D eigenvalue weighted by molar-refractivity contribution is 5.87.